The summed E-state index contributed by atoms with van der Waals surface area (Å²) in [5.74, 6) is 0.272. The molecule has 116 valence electrons. The van der Waals surface area contributed by atoms with E-state index in [1.54, 1.807) is 6.07 Å². The van der Waals surface area contributed by atoms with Gasteiger partial charge in [0, 0.05) is 10.8 Å². The zero-order valence-corrected chi connectivity index (χ0v) is 12.6. The third-order valence-corrected chi connectivity index (χ3v) is 6.19. The van der Waals surface area contributed by atoms with Crippen LogP contribution in [0.15, 0.2) is 24.3 Å². The van der Waals surface area contributed by atoms with Gasteiger partial charge in [-0.3, -0.25) is 0 Å². The summed E-state index contributed by atoms with van der Waals surface area (Å²) in [6.45, 7) is 5.76. The highest BCUT2D eigenvalue weighted by Crippen LogP contribution is 2.72. The van der Waals surface area contributed by atoms with Gasteiger partial charge in [0.05, 0.1) is 5.56 Å². The predicted octanol–water partition coefficient (Wildman–Crippen LogP) is 4.74. The van der Waals surface area contributed by atoms with Crippen molar-refractivity contribution in [3.05, 3.63) is 35.4 Å². The van der Waals surface area contributed by atoms with Crippen molar-refractivity contribution in [1.29, 1.82) is 0 Å². The van der Waals surface area contributed by atoms with E-state index in [0.717, 1.165) is 25.3 Å². The average molecular weight is 298 g/mol. The number of hydrogen-bond donors (Lipinski definition) is 1. The first kappa shape index (κ1) is 14.9. The van der Waals surface area contributed by atoms with Gasteiger partial charge in [-0.2, -0.15) is 13.2 Å². The standard InChI is InChI=1S/C17H21F3O/c1-14(2)11-8-9-15(3,10-11)16(14,21)12-6-4-5-7-13(12)17(18,19)20/h4-7,11,21H,8-10H2,1-3H3. The average Bonchev–Trinajstić information content (AvgIpc) is 2.86. The van der Waals surface area contributed by atoms with Crippen LogP contribution < -0.4 is 0 Å². The van der Waals surface area contributed by atoms with Crippen molar-refractivity contribution in [3.63, 3.8) is 0 Å². The fraction of sp³-hybridized carbons (Fsp3) is 0.647. The second-order valence-electron chi connectivity index (χ2n) is 7.48. The summed E-state index contributed by atoms with van der Waals surface area (Å²) in [4.78, 5) is 0. The van der Waals surface area contributed by atoms with Crippen LogP contribution in [-0.4, -0.2) is 5.11 Å². The summed E-state index contributed by atoms with van der Waals surface area (Å²) in [6.07, 6.45) is -1.88. The Labute approximate surface area is 123 Å². The molecule has 1 aromatic carbocycles. The highest BCUT2D eigenvalue weighted by molar-refractivity contribution is 5.40. The predicted molar refractivity (Wildman–Crippen MR) is 74.6 cm³/mol. The lowest BCUT2D eigenvalue weighted by Gasteiger charge is -2.51. The normalized spacial score (nSPS) is 38.0. The van der Waals surface area contributed by atoms with E-state index in [1.165, 1.54) is 12.1 Å². The molecule has 0 saturated heterocycles. The lowest BCUT2D eigenvalue weighted by Crippen LogP contribution is -2.52. The molecule has 1 aromatic rings. The fourth-order valence-electron chi connectivity index (χ4n) is 4.98. The molecule has 3 atom stereocenters. The minimum absolute atomic E-state index is 0.0483. The van der Waals surface area contributed by atoms with Crippen LogP contribution in [0.5, 0.6) is 0 Å². The number of hydrogen-bond acceptors (Lipinski definition) is 1. The molecule has 0 amide bonds. The lowest BCUT2D eigenvalue weighted by molar-refractivity contribution is -0.166. The van der Waals surface area contributed by atoms with Crippen molar-refractivity contribution in [1.82, 2.24) is 0 Å². The monoisotopic (exact) mass is 298 g/mol. The molecule has 0 aromatic heterocycles. The Bertz CT molecular complexity index is 571. The van der Waals surface area contributed by atoms with Crippen molar-refractivity contribution in [3.8, 4) is 0 Å². The summed E-state index contributed by atoms with van der Waals surface area (Å²) in [7, 11) is 0. The molecule has 0 aliphatic heterocycles. The van der Waals surface area contributed by atoms with E-state index >= 15 is 0 Å². The Morgan fingerprint density at radius 2 is 1.76 bits per heavy atom. The number of rotatable bonds is 1. The van der Waals surface area contributed by atoms with Gasteiger partial charge in [-0.05, 0) is 36.8 Å². The van der Waals surface area contributed by atoms with E-state index < -0.39 is 28.2 Å². The zero-order valence-electron chi connectivity index (χ0n) is 12.6. The summed E-state index contributed by atoms with van der Waals surface area (Å²) in [5, 5.41) is 11.5. The van der Waals surface area contributed by atoms with Crippen LogP contribution in [0.4, 0.5) is 13.2 Å². The minimum atomic E-state index is -4.44. The molecule has 3 rings (SSSR count). The fourth-order valence-corrected chi connectivity index (χ4v) is 4.98. The number of halogens is 3. The largest absolute Gasteiger partial charge is 0.416 e. The van der Waals surface area contributed by atoms with E-state index in [0.29, 0.717) is 0 Å². The molecule has 0 radical (unpaired) electrons. The first-order valence-electron chi connectivity index (χ1n) is 7.43. The first-order valence-corrected chi connectivity index (χ1v) is 7.43. The number of fused-ring (bicyclic) bond motifs is 2. The topological polar surface area (TPSA) is 20.2 Å². The van der Waals surface area contributed by atoms with Crippen molar-refractivity contribution < 1.29 is 18.3 Å². The highest BCUT2D eigenvalue weighted by atomic mass is 19.4. The van der Waals surface area contributed by atoms with Crippen molar-refractivity contribution in [2.45, 2.75) is 51.8 Å². The number of alkyl halides is 3. The highest BCUT2D eigenvalue weighted by Gasteiger charge is 2.69. The van der Waals surface area contributed by atoms with Crippen molar-refractivity contribution in [2.24, 2.45) is 16.7 Å². The maximum atomic E-state index is 13.4. The number of benzene rings is 1. The van der Waals surface area contributed by atoms with Gasteiger partial charge in [-0.1, -0.05) is 39.0 Å². The molecule has 2 aliphatic carbocycles. The van der Waals surface area contributed by atoms with Crippen LogP contribution >= 0.6 is 0 Å². The summed E-state index contributed by atoms with van der Waals surface area (Å²) < 4.78 is 40.1. The van der Waals surface area contributed by atoms with Gasteiger partial charge in [0.2, 0.25) is 0 Å². The van der Waals surface area contributed by atoms with Gasteiger partial charge in [0.25, 0.3) is 0 Å². The van der Waals surface area contributed by atoms with Crippen LogP contribution in [0.25, 0.3) is 0 Å². The van der Waals surface area contributed by atoms with Crippen LogP contribution in [0.2, 0.25) is 0 Å². The molecule has 2 aliphatic rings. The molecule has 2 fully saturated rings. The Hall–Kier alpha value is -1.03. The van der Waals surface area contributed by atoms with Crippen LogP contribution in [-0.2, 0) is 11.8 Å². The first-order chi connectivity index (χ1) is 9.54. The van der Waals surface area contributed by atoms with Gasteiger partial charge in [-0.25, -0.2) is 0 Å². The van der Waals surface area contributed by atoms with E-state index in [4.69, 9.17) is 0 Å². The molecule has 0 heterocycles. The van der Waals surface area contributed by atoms with Gasteiger partial charge in [0.15, 0.2) is 0 Å². The van der Waals surface area contributed by atoms with E-state index in [9.17, 15) is 18.3 Å². The molecule has 2 bridgehead atoms. The molecular weight excluding hydrogens is 277 g/mol. The second kappa shape index (κ2) is 4.03. The van der Waals surface area contributed by atoms with Crippen LogP contribution in [0.3, 0.4) is 0 Å². The quantitative estimate of drug-likeness (QED) is 0.794. The van der Waals surface area contributed by atoms with Gasteiger partial charge < -0.3 is 5.11 Å². The Kier molecular flexibility index (Phi) is 2.86. The van der Waals surface area contributed by atoms with Gasteiger partial charge in [0.1, 0.15) is 5.60 Å². The zero-order chi connectivity index (χ0) is 15.7. The summed E-state index contributed by atoms with van der Waals surface area (Å²) >= 11 is 0. The molecule has 4 heteroatoms. The maximum Gasteiger partial charge on any atom is 0.416 e. The third-order valence-electron chi connectivity index (χ3n) is 6.19. The molecule has 3 unspecified atom stereocenters. The Morgan fingerprint density at radius 1 is 1.14 bits per heavy atom. The molecule has 2 saturated carbocycles. The molecular formula is C17H21F3O. The summed E-state index contributed by atoms with van der Waals surface area (Å²) in [5.41, 5.74) is -3.12. The van der Waals surface area contributed by atoms with Crippen molar-refractivity contribution in [2.75, 3.05) is 0 Å². The molecule has 1 N–H and O–H groups in total. The second-order valence-corrected chi connectivity index (χ2v) is 7.48. The van der Waals surface area contributed by atoms with E-state index in [1.807, 2.05) is 20.8 Å². The van der Waals surface area contributed by atoms with E-state index in [-0.39, 0.29) is 11.5 Å². The smallest absolute Gasteiger partial charge is 0.384 e. The lowest BCUT2D eigenvalue weighted by atomic mass is 9.57. The Morgan fingerprint density at radius 3 is 2.29 bits per heavy atom. The molecule has 0 spiro atoms. The molecule has 21 heavy (non-hydrogen) atoms. The summed E-state index contributed by atoms with van der Waals surface area (Å²) in [6, 6.07) is 5.52. The Balaban J connectivity index is 2.25. The van der Waals surface area contributed by atoms with E-state index in [2.05, 4.69) is 0 Å². The van der Waals surface area contributed by atoms with Crippen LogP contribution in [0, 0.1) is 16.7 Å². The third kappa shape index (κ3) is 1.68. The minimum Gasteiger partial charge on any atom is -0.384 e. The van der Waals surface area contributed by atoms with Gasteiger partial charge in [-0.15, -0.1) is 0 Å². The van der Waals surface area contributed by atoms with Crippen LogP contribution in [0.1, 0.15) is 51.2 Å². The molecule has 1 nitrogen and oxygen atoms in total. The SMILES string of the molecule is CC12CCC(C1)C(C)(C)C2(O)c1ccccc1C(F)(F)F. The van der Waals surface area contributed by atoms with Gasteiger partial charge >= 0.3 is 6.18 Å². The maximum absolute atomic E-state index is 13.4. The van der Waals surface area contributed by atoms with Crippen molar-refractivity contribution >= 4 is 0 Å². The number of aliphatic hydroxyl groups is 1.